The summed E-state index contributed by atoms with van der Waals surface area (Å²) in [6, 6.07) is 8.54. The Morgan fingerprint density at radius 2 is 1.84 bits per heavy atom. The van der Waals surface area contributed by atoms with Crippen molar-refractivity contribution in [2.24, 2.45) is 0 Å². The van der Waals surface area contributed by atoms with Gasteiger partial charge < -0.3 is 0 Å². The van der Waals surface area contributed by atoms with Gasteiger partial charge in [-0.25, -0.2) is 5.01 Å². The minimum atomic E-state index is -0.0123. The molecule has 19 heavy (non-hydrogen) atoms. The van der Waals surface area contributed by atoms with Crippen molar-refractivity contribution in [3.8, 4) is 0 Å². The van der Waals surface area contributed by atoms with E-state index in [-0.39, 0.29) is 5.91 Å². The molecule has 1 saturated heterocycles. The summed E-state index contributed by atoms with van der Waals surface area (Å²) in [5.74, 6) is -0.0123. The van der Waals surface area contributed by atoms with E-state index in [0.717, 1.165) is 23.7 Å². The van der Waals surface area contributed by atoms with Gasteiger partial charge in [-0.05, 0) is 44.4 Å². The van der Waals surface area contributed by atoms with Gasteiger partial charge in [0.2, 0.25) is 0 Å². The lowest BCUT2D eigenvalue weighted by Gasteiger charge is -2.38. The highest BCUT2D eigenvalue weighted by Gasteiger charge is 2.26. The van der Waals surface area contributed by atoms with Crippen LogP contribution in [0.1, 0.15) is 49.0 Å². The van der Waals surface area contributed by atoms with Crippen molar-refractivity contribution >= 4 is 21.8 Å². The Hall–Kier alpha value is -0.870. The molecule has 0 spiro atoms. The molecule has 0 bridgehead atoms. The first-order valence-electron chi connectivity index (χ1n) is 6.86. The number of alkyl halides is 1. The Morgan fingerprint density at radius 3 is 2.37 bits per heavy atom. The van der Waals surface area contributed by atoms with Gasteiger partial charge >= 0.3 is 0 Å². The van der Waals surface area contributed by atoms with E-state index in [1.54, 1.807) is 0 Å². The Labute approximate surface area is 123 Å². The minimum absolute atomic E-state index is 0.0123. The lowest BCUT2D eigenvalue weighted by atomic mass is 10.00. The van der Waals surface area contributed by atoms with Crippen LogP contribution in [0.2, 0.25) is 0 Å². The van der Waals surface area contributed by atoms with Gasteiger partial charge in [0.05, 0.1) is 0 Å². The predicted molar refractivity (Wildman–Crippen MR) is 81.2 cm³/mol. The van der Waals surface area contributed by atoms with Gasteiger partial charge in [-0.3, -0.25) is 10.2 Å². The number of benzene rings is 1. The zero-order chi connectivity index (χ0) is 13.8. The van der Waals surface area contributed by atoms with Gasteiger partial charge in [-0.15, -0.1) is 0 Å². The Bertz CT molecular complexity index is 422. The molecule has 0 radical (unpaired) electrons. The topological polar surface area (TPSA) is 32.3 Å². The van der Waals surface area contributed by atoms with Crippen molar-refractivity contribution < 1.29 is 4.79 Å². The largest absolute Gasteiger partial charge is 0.284 e. The van der Waals surface area contributed by atoms with Crippen LogP contribution in [0.15, 0.2) is 24.3 Å². The third kappa shape index (κ3) is 3.57. The first-order chi connectivity index (χ1) is 9.11. The van der Waals surface area contributed by atoms with Crippen LogP contribution in [0.25, 0.3) is 0 Å². The van der Waals surface area contributed by atoms with Gasteiger partial charge in [0.15, 0.2) is 0 Å². The summed E-state index contributed by atoms with van der Waals surface area (Å²) < 4.78 is 0. The highest BCUT2D eigenvalue weighted by Crippen LogP contribution is 2.20. The molecule has 1 aliphatic rings. The number of hydrazine groups is 1. The fourth-order valence-corrected chi connectivity index (χ4v) is 2.94. The highest BCUT2D eigenvalue weighted by atomic mass is 79.9. The third-order valence-corrected chi connectivity index (χ3v) is 4.44. The van der Waals surface area contributed by atoms with E-state index in [2.05, 4.69) is 40.2 Å². The molecule has 1 aliphatic heterocycles. The van der Waals surface area contributed by atoms with Gasteiger partial charge in [0.25, 0.3) is 5.91 Å². The molecule has 1 N–H and O–H groups in total. The Morgan fingerprint density at radius 1 is 1.26 bits per heavy atom. The number of nitrogens with one attached hydrogen (secondary N) is 1. The van der Waals surface area contributed by atoms with E-state index < -0.39 is 0 Å². The first kappa shape index (κ1) is 14.5. The SMILES string of the molecule is CC1CCCC(C)N1NC(=O)c1ccc(CBr)cc1. The number of halogens is 1. The molecular formula is C15H21BrN2O. The molecule has 2 atom stereocenters. The maximum atomic E-state index is 12.2. The number of hydrogen-bond acceptors (Lipinski definition) is 2. The van der Waals surface area contributed by atoms with Crippen LogP contribution in [0.5, 0.6) is 0 Å². The van der Waals surface area contributed by atoms with Gasteiger partial charge in [0.1, 0.15) is 0 Å². The van der Waals surface area contributed by atoms with E-state index in [4.69, 9.17) is 0 Å². The van der Waals surface area contributed by atoms with Gasteiger partial charge in [-0.1, -0.05) is 34.5 Å². The summed E-state index contributed by atoms with van der Waals surface area (Å²) in [6.07, 6.45) is 3.54. The van der Waals surface area contributed by atoms with Crippen molar-refractivity contribution in [2.75, 3.05) is 0 Å². The maximum Gasteiger partial charge on any atom is 0.265 e. The van der Waals surface area contributed by atoms with Crippen LogP contribution in [0, 0.1) is 0 Å². The molecular weight excluding hydrogens is 304 g/mol. The van der Waals surface area contributed by atoms with E-state index in [0.29, 0.717) is 12.1 Å². The second-order valence-corrected chi connectivity index (χ2v) is 5.87. The van der Waals surface area contributed by atoms with Crippen LogP contribution < -0.4 is 5.43 Å². The first-order valence-corrected chi connectivity index (χ1v) is 7.98. The lowest BCUT2D eigenvalue weighted by Crippen LogP contribution is -2.54. The van der Waals surface area contributed by atoms with E-state index >= 15 is 0 Å². The number of nitrogens with zero attached hydrogens (tertiary/aromatic N) is 1. The van der Waals surface area contributed by atoms with Crippen LogP contribution in [-0.4, -0.2) is 23.0 Å². The monoisotopic (exact) mass is 324 g/mol. The zero-order valence-corrected chi connectivity index (χ0v) is 13.1. The maximum absolute atomic E-state index is 12.2. The molecule has 0 aliphatic carbocycles. The lowest BCUT2D eigenvalue weighted by molar-refractivity contribution is 0.0370. The number of carbonyl (C=O) groups excluding carboxylic acids is 1. The van der Waals surface area contributed by atoms with Crippen LogP contribution in [0.3, 0.4) is 0 Å². The van der Waals surface area contributed by atoms with Crippen LogP contribution in [0.4, 0.5) is 0 Å². The fraction of sp³-hybridized carbons (Fsp3) is 0.533. The number of amides is 1. The van der Waals surface area contributed by atoms with Crippen molar-refractivity contribution in [1.82, 2.24) is 10.4 Å². The molecule has 0 saturated carbocycles. The molecule has 2 rings (SSSR count). The fourth-order valence-electron chi connectivity index (χ4n) is 2.57. The molecule has 2 unspecified atom stereocenters. The Balaban J connectivity index is 2.02. The van der Waals surface area contributed by atoms with Crippen molar-refractivity contribution in [3.63, 3.8) is 0 Å². The molecule has 1 amide bonds. The van der Waals surface area contributed by atoms with E-state index in [9.17, 15) is 4.79 Å². The molecule has 3 nitrogen and oxygen atoms in total. The molecule has 1 fully saturated rings. The smallest absolute Gasteiger partial charge is 0.265 e. The summed E-state index contributed by atoms with van der Waals surface area (Å²) in [5, 5.41) is 2.92. The second-order valence-electron chi connectivity index (χ2n) is 5.31. The predicted octanol–water partition coefficient (Wildman–Crippen LogP) is 3.49. The molecule has 0 aromatic heterocycles. The van der Waals surface area contributed by atoms with Crippen molar-refractivity contribution in [2.45, 2.75) is 50.5 Å². The summed E-state index contributed by atoms with van der Waals surface area (Å²) in [5.41, 5.74) is 4.95. The highest BCUT2D eigenvalue weighted by molar-refractivity contribution is 9.08. The van der Waals surface area contributed by atoms with E-state index in [1.165, 1.54) is 12.0 Å². The van der Waals surface area contributed by atoms with Crippen LogP contribution in [-0.2, 0) is 5.33 Å². The minimum Gasteiger partial charge on any atom is -0.284 e. The van der Waals surface area contributed by atoms with Gasteiger partial charge in [0, 0.05) is 23.0 Å². The molecule has 1 aromatic rings. The molecule has 104 valence electrons. The molecule has 1 aromatic carbocycles. The quantitative estimate of drug-likeness (QED) is 0.863. The third-order valence-electron chi connectivity index (χ3n) is 3.79. The number of hydrogen-bond donors (Lipinski definition) is 1. The molecule has 4 heteroatoms. The summed E-state index contributed by atoms with van der Waals surface area (Å²) in [6.45, 7) is 4.34. The number of carbonyl (C=O) groups is 1. The van der Waals surface area contributed by atoms with Crippen molar-refractivity contribution in [1.29, 1.82) is 0 Å². The summed E-state index contributed by atoms with van der Waals surface area (Å²) in [4.78, 5) is 12.2. The average Bonchev–Trinajstić information content (AvgIpc) is 2.43. The zero-order valence-electron chi connectivity index (χ0n) is 11.5. The average molecular weight is 325 g/mol. The van der Waals surface area contributed by atoms with Crippen molar-refractivity contribution in [3.05, 3.63) is 35.4 Å². The number of rotatable bonds is 3. The summed E-state index contributed by atoms with van der Waals surface area (Å²) >= 11 is 3.41. The van der Waals surface area contributed by atoms with Gasteiger partial charge in [-0.2, -0.15) is 0 Å². The normalized spacial score (nSPS) is 24.2. The number of piperidine rings is 1. The second kappa shape index (κ2) is 6.53. The van der Waals surface area contributed by atoms with Crippen LogP contribution >= 0.6 is 15.9 Å². The summed E-state index contributed by atoms with van der Waals surface area (Å²) in [7, 11) is 0. The molecule has 1 heterocycles. The van der Waals surface area contributed by atoms with E-state index in [1.807, 2.05) is 24.3 Å². The Kier molecular flexibility index (Phi) is 4.99. The standard InChI is InChI=1S/C15H21BrN2O/c1-11-4-3-5-12(2)18(11)17-15(19)14-8-6-13(10-16)7-9-14/h6-9,11-12H,3-5,10H2,1-2H3,(H,17,19).